The van der Waals surface area contributed by atoms with E-state index in [2.05, 4.69) is 27.7 Å². The lowest BCUT2D eigenvalue weighted by atomic mass is 10.0. The first kappa shape index (κ1) is 80.1. The van der Waals surface area contributed by atoms with Gasteiger partial charge in [0.25, 0.3) is 0 Å². The number of carbonyl (C=O) groups excluding carboxylic acids is 4. The summed E-state index contributed by atoms with van der Waals surface area (Å²) < 4.78 is 67.9. The Morgan fingerprint density at radius 1 is 0.293 bits per heavy atom. The number of carbonyl (C=O) groups is 4. The number of phosphoric acid groups is 2. The molecule has 0 spiro atoms. The zero-order valence-corrected chi connectivity index (χ0v) is 54.2. The Balaban J connectivity index is 5.18. The predicted octanol–water partition coefficient (Wildman–Crippen LogP) is 17.5. The molecule has 82 heavy (non-hydrogen) atoms. The number of ether oxygens (including phenoxy) is 4. The summed E-state index contributed by atoms with van der Waals surface area (Å²) in [5, 5.41) is 10.5. The highest BCUT2D eigenvalue weighted by molar-refractivity contribution is 7.47. The molecule has 486 valence electrons. The average molecular weight is 1210 g/mol. The summed E-state index contributed by atoms with van der Waals surface area (Å²) in [4.78, 5) is 72.0. The highest BCUT2D eigenvalue weighted by Crippen LogP contribution is 2.45. The summed E-state index contributed by atoms with van der Waals surface area (Å²) in [5.74, 6) is -2.14. The average Bonchev–Trinajstić information content (AvgIpc) is 3.45. The van der Waals surface area contributed by atoms with E-state index in [1.807, 2.05) is 0 Å². The fourth-order valence-corrected chi connectivity index (χ4v) is 11.0. The van der Waals surface area contributed by atoms with Crippen molar-refractivity contribution in [1.29, 1.82) is 0 Å². The van der Waals surface area contributed by atoms with Crippen molar-refractivity contribution in [2.75, 3.05) is 39.6 Å². The van der Waals surface area contributed by atoms with E-state index in [9.17, 15) is 43.2 Å². The van der Waals surface area contributed by atoms with Crippen LogP contribution in [0.3, 0.4) is 0 Å². The fraction of sp³-hybridized carbons (Fsp3) is 0.937. The minimum atomic E-state index is -4.94. The van der Waals surface area contributed by atoms with Crippen LogP contribution < -0.4 is 0 Å². The monoisotopic (exact) mass is 1210 g/mol. The first-order chi connectivity index (χ1) is 39.7. The maximum absolute atomic E-state index is 13.0. The summed E-state index contributed by atoms with van der Waals surface area (Å²) in [6, 6.07) is 0. The van der Waals surface area contributed by atoms with Gasteiger partial charge in [0.15, 0.2) is 12.2 Å². The highest BCUT2D eigenvalue weighted by Gasteiger charge is 2.30. The quantitative estimate of drug-likeness (QED) is 0.0222. The van der Waals surface area contributed by atoms with E-state index in [0.29, 0.717) is 25.7 Å². The molecule has 0 aromatic carbocycles. The Morgan fingerprint density at radius 2 is 0.488 bits per heavy atom. The van der Waals surface area contributed by atoms with Crippen LogP contribution in [-0.4, -0.2) is 96.7 Å². The Morgan fingerprint density at radius 3 is 0.720 bits per heavy atom. The molecule has 0 aliphatic heterocycles. The Kier molecular flexibility index (Phi) is 56.7. The number of esters is 4. The van der Waals surface area contributed by atoms with E-state index >= 15 is 0 Å². The molecule has 0 rings (SSSR count). The molecule has 0 amide bonds. The molecule has 0 fully saturated rings. The predicted molar refractivity (Wildman–Crippen MR) is 326 cm³/mol. The molecule has 17 nitrogen and oxygen atoms in total. The van der Waals surface area contributed by atoms with Gasteiger partial charge in [-0.1, -0.05) is 272 Å². The van der Waals surface area contributed by atoms with Crippen molar-refractivity contribution in [2.45, 2.75) is 341 Å². The number of hydrogen-bond acceptors (Lipinski definition) is 15. The second-order valence-electron chi connectivity index (χ2n) is 22.8. The number of phosphoric ester groups is 2. The van der Waals surface area contributed by atoms with Crippen LogP contribution in [0.4, 0.5) is 0 Å². The molecule has 0 heterocycles. The summed E-state index contributed by atoms with van der Waals surface area (Å²) in [6.45, 7) is 4.84. The van der Waals surface area contributed by atoms with Gasteiger partial charge in [0, 0.05) is 25.7 Å². The molecule has 0 aromatic rings. The summed E-state index contributed by atoms with van der Waals surface area (Å²) in [6.07, 6.45) is 43.0. The number of aliphatic hydroxyl groups excluding tert-OH is 1. The van der Waals surface area contributed by atoms with Crippen LogP contribution in [0.1, 0.15) is 323 Å². The summed E-state index contributed by atoms with van der Waals surface area (Å²) in [7, 11) is -9.88. The normalized spacial score (nSPS) is 14.2. The van der Waals surface area contributed by atoms with E-state index < -0.39 is 97.5 Å². The van der Waals surface area contributed by atoms with Crippen LogP contribution >= 0.6 is 15.6 Å². The molecule has 0 aromatic heterocycles. The number of unbranched alkanes of at least 4 members (excludes halogenated alkanes) is 38. The summed E-state index contributed by atoms with van der Waals surface area (Å²) >= 11 is 0. The third kappa shape index (κ3) is 57.2. The van der Waals surface area contributed by atoms with Crippen molar-refractivity contribution in [3.05, 3.63) is 0 Å². The lowest BCUT2D eigenvalue weighted by Gasteiger charge is -2.21. The zero-order valence-electron chi connectivity index (χ0n) is 52.5. The minimum absolute atomic E-state index is 0.105. The first-order valence-electron chi connectivity index (χ1n) is 33.3. The van der Waals surface area contributed by atoms with Crippen molar-refractivity contribution < 1.29 is 80.2 Å². The van der Waals surface area contributed by atoms with Crippen molar-refractivity contribution >= 4 is 39.5 Å². The Bertz CT molecular complexity index is 1590. The molecular formula is C63H122O17P2. The maximum Gasteiger partial charge on any atom is 0.472 e. The SMILES string of the molecule is CCCCCCCCCCCCCCCCCC(=O)O[C@H](COC(=O)CCCCCCCCCCC)COP(=O)(O)OC[C@H](O)COP(=O)(O)OC[C@@H](COC(=O)CCCCCCCCCCCC)OC(=O)CCCCCCCCCC. The standard InChI is InChI=1S/C63H122O17P2/c1-5-9-13-17-21-25-27-28-29-30-31-34-38-42-46-50-63(68)80-59(54-73-60(65)47-43-39-36-32-23-19-15-11-7-3)56-78-82(71,72)76-52-57(64)51-75-81(69,70)77-55-58(79-62(67)49-45-41-35-24-20-16-12-8-4)53-74-61(66)48-44-40-37-33-26-22-18-14-10-6-2/h57-59,64H,5-56H2,1-4H3,(H,69,70)(H,71,72)/t57-,58-,59-/m1/s1. The molecular weight excluding hydrogens is 1090 g/mol. The van der Waals surface area contributed by atoms with Crippen LogP contribution in [0.15, 0.2) is 0 Å². The fourth-order valence-electron chi connectivity index (χ4n) is 9.46. The Labute approximate surface area is 498 Å². The van der Waals surface area contributed by atoms with Gasteiger partial charge in [-0.25, -0.2) is 9.13 Å². The third-order valence-corrected chi connectivity index (χ3v) is 16.5. The number of hydrogen-bond donors (Lipinski definition) is 3. The van der Waals surface area contributed by atoms with Gasteiger partial charge in [-0.05, 0) is 25.7 Å². The molecule has 0 aliphatic carbocycles. The van der Waals surface area contributed by atoms with Gasteiger partial charge < -0.3 is 33.8 Å². The van der Waals surface area contributed by atoms with Gasteiger partial charge >= 0.3 is 39.5 Å². The molecule has 19 heteroatoms. The van der Waals surface area contributed by atoms with E-state index in [1.54, 1.807) is 0 Å². The zero-order chi connectivity index (χ0) is 60.5. The van der Waals surface area contributed by atoms with Gasteiger partial charge in [-0.3, -0.25) is 37.3 Å². The molecule has 5 atom stereocenters. The van der Waals surface area contributed by atoms with E-state index in [1.165, 1.54) is 148 Å². The van der Waals surface area contributed by atoms with E-state index in [0.717, 1.165) is 96.3 Å². The lowest BCUT2D eigenvalue weighted by molar-refractivity contribution is -0.161. The largest absolute Gasteiger partial charge is 0.472 e. The van der Waals surface area contributed by atoms with Crippen LogP contribution in [0, 0.1) is 0 Å². The molecule has 0 radical (unpaired) electrons. The first-order valence-corrected chi connectivity index (χ1v) is 36.3. The molecule has 0 aliphatic rings. The second kappa shape index (κ2) is 58.1. The van der Waals surface area contributed by atoms with Crippen molar-refractivity contribution in [1.82, 2.24) is 0 Å². The molecule has 3 N–H and O–H groups in total. The number of aliphatic hydroxyl groups is 1. The summed E-state index contributed by atoms with van der Waals surface area (Å²) in [5.41, 5.74) is 0. The minimum Gasteiger partial charge on any atom is -0.462 e. The van der Waals surface area contributed by atoms with Crippen molar-refractivity contribution in [3.8, 4) is 0 Å². The van der Waals surface area contributed by atoms with Crippen LogP contribution in [0.2, 0.25) is 0 Å². The van der Waals surface area contributed by atoms with E-state index in [4.69, 9.17) is 37.0 Å². The molecule has 0 saturated heterocycles. The van der Waals surface area contributed by atoms with Gasteiger partial charge in [0.2, 0.25) is 0 Å². The lowest BCUT2D eigenvalue weighted by Crippen LogP contribution is -2.30. The number of rotatable bonds is 64. The topological polar surface area (TPSA) is 237 Å². The van der Waals surface area contributed by atoms with Gasteiger partial charge in [-0.2, -0.15) is 0 Å². The third-order valence-electron chi connectivity index (χ3n) is 14.6. The highest BCUT2D eigenvalue weighted by atomic mass is 31.2. The van der Waals surface area contributed by atoms with Crippen LogP contribution in [0.25, 0.3) is 0 Å². The molecule has 0 bridgehead atoms. The van der Waals surface area contributed by atoms with E-state index in [-0.39, 0.29) is 25.7 Å². The maximum atomic E-state index is 13.0. The van der Waals surface area contributed by atoms with Crippen LogP contribution in [0.5, 0.6) is 0 Å². The second-order valence-corrected chi connectivity index (χ2v) is 25.7. The Hall–Kier alpha value is -1.94. The van der Waals surface area contributed by atoms with Gasteiger partial charge in [0.05, 0.1) is 26.4 Å². The molecule has 2 unspecified atom stereocenters. The van der Waals surface area contributed by atoms with Crippen LogP contribution in [-0.2, 0) is 65.4 Å². The van der Waals surface area contributed by atoms with Gasteiger partial charge in [0.1, 0.15) is 19.3 Å². The molecule has 0 saturated carbocycles. The van der Waals surface area contributed by atoms with Crippen molar-refractivity contribution in [3.63, 3.8) is 0 Å². The van der Waals surface area contributed by atoms with Crippen molar-refractivity contribution in [2.24, 2.45) is 0 Å². The van der Waals surface area contributed by atoms with Gasteiger partial charge in [-0.15, -0.1) is 0 Å². The smallest absolute Gasteiger partial charge is 0.462 e.